The molecule has 1 aliphatic rings. The summed E-state index contributed by atoms with van der Waals surface area (Å²) < 4.78 is 28.4. The Hall–Kier alpha value is -1.94. The third-order valence-electron chi connectivity index (χ3n) is 4.35. The van der Waals surface area contributed by atoms with Crippen LogP contribution in [0, 0.1) is 0 Å². The molecule has 1 aromatic carbocycles. The molecule has 0 bridgehead atoms. The van der Waals surface area contributed by atoms with Crippen LogP contribution in [0.15, 0.2) is 40.6 Å². The largest absolute Gasteiger partial charge is 0.496 e. The van der Waals surface area contributed by atoms with Crippen LogP contribution in [-0.2, 0) is 16.6 Å². The second-order valence-corrected chi connectivity index (χ2v) is 8.65. The number of nitrogens with zero attached hydrogens (tertiary/aromatic N) is 2. The molecule has 1 amide bonds. The predicted molar refractivity (Wildman–Crippen MR) is 99.9 cm³/mol. The lowest BCUT2D eigenvalue weighted by molar-refractivity contribution is 0.0626. The molecular formula is C17H21N3O4S2. The summed E-state index contributed by atoms with van der Waals surface area (Å²) in [6, 6.07) is 8.22. The maximum Gasteiger partial charge on any atom is 0.257 e. The molecule has 0 atom stereocenters. The fourth-order valence-corrected chi connectivity index (χ4v) is 4.22. The first-order chi connectivity index (χ1) is 12.4. The summed E-state index contributed by atoms with van der Waals surface area (Å²) in [5, 5.41) is 7.23. The van der Waals surface area contributed by atoms with Crippen LogP contribution < -0.4 is 9.88 Å². The second kappa shape index (κ2) is 7.75. The van der Waals surface area contributed by atoms with Crippen molar-refractivity contribution in [2.45, 2.75) is 11.4 Å². The second-order valence-electron chi connectivity index (χ2n) is 6.05. The molecule has 0 aliphatic carbocycles. The molecule has 140 valence electrons. The zero-order valence-electron chi connectivity index (χ0n) is 14.4. The van der Waals surface area contributed by atoms with Gasteiger partial charge in [0.05, 0.1) is 17.6 Å². The quantitative estimate of drug-likeness (QED) is 0.825. The van der Waals surface area contributed by atoms with E-state index in [1.807, 2.05) is 6.07 Å². The van der Waals surface area contributed by atoms with Gasteiger partial charge in [0.15, 0.2) is 0 Å². The van der Waals surface area contributed by atoms with Gasteiger partial charge in [-0.05, 0) is 29.6 Å². The van der Waals surface area contributed by atoms with Crippen LogP contribution in [0.25, 0.3) is 0 Å². The van der Waals surface area contributed by atoms with Gasteiger partial charge in [-0.1, -0.05) is 6.07 Å². The van der Waals surface area contributed by atoms with E-state index < -0.39 is 10.0 Å². The zero-order valence-corrected chi connectivity index (χ0v) is 16.1. The van der Waals surface area contributed by atoms with Crippen molar-refractivity contribution in [2.75, 3.05) is 33.3 Å². The van der Waals surface area contributed by atoms with E-state index in [0.717, 1.165) is 19.6 Å². The number of benzene rings is 1. The van der Waals surface area contributed by atoms with E-state index in [1.165, 1.54) is 30.2 Å². The van der Waals surface area contributed by atoms with Gasteiger partial charge in [-0.25, -0.2) is 13.6 Å². The number of amides is 1. The van der Waals surface area contributed by atoms with Crippen LogP contribution in [0.5, 0.6) is 5.75 Å². The third-order valence-corrected chi connectivity index (χ3v) is 6.12. The number of hydrogen-bond donors (Lipinski definition) is 1. The minimum atomic E-state index is -3.89. The topological polar surface area (TPSA) is 92.9 Å². The van der Waals surface area contributed by atoms with Crippen molar-refractivity contribution < 1.29 is 17.9 Å². The number of ether oxygens (including phenoxy) is 1. The van der Waals surface area contributed by atoms with Gasteiger partial charge in [-0.15, -0.1) is 11.3 Å². The Labute approximate surface area is 157 Å². The fourth-order valence-electron chi connectivity index (χ4n) is 2.93. The van der Waals surface area contributed by atoms with Crippen molar-refractivity contribution >= 4 is 27.3 Å². The highest BCUT2D eigenvalue weighted by Crippen LogP contribution is 2.24. The number of carbonyl (C=O) groups is 1. The van der Waals surface area contributed by atoms with Crippen molar-refractivity contribution in [1.29, 1.82) is 0 Å². The standard InChI is InChI=1S/C17H21N3O4S2/c1-24-16-5-4-14(26(18,22)23)11-15(16)17(21)20-8-6-19(7-9-20)12-13-3-2-10-25-13/h2-5,10-11H,6-9,12H2,1H3,(H2,18,22,23). The number of rotatable bonds is 5. The Kier molecular flexibility index (Phi) is 5.61. The van der Waals surface area contributed by atoms with Gasteiger partial charge in [0.1, 0.15) is 5.75 Å². The number of nitrogens with two attached hydrogens (primary N) is 1. The Bertz CT molecular complexity index is 873. The van der Waals surface area contributed by atoms with E-state index in [2.05, 4.69) is 16.3 Å². The maximum atomic E-state index is 12.9. The molecule has 2 heterocycles. The summed E-state index contributed by atoms with van der Waals surface area (Å²) >= 11 is 1.72. The van der Waals surface area contributed by atoms with E-state index >= 15 is 0 Å². The molecule has 0 unspecified atom stereocenters. The smallest absolute Gasteiger partial charge is 0.257 e. The minimum Gasteiger partial charge on any atom is -0.496 e. The highest BCUT2D eigenvalue weighted by atomic mass is 32.2. The number of sulfonamides is 1. The van der Waals surface area contributed by atoms with Crippen LogP contribution in [0.4, 0.5) is 0 Å². The summed E-state index contributed by atoms with van der Waals surface area (Å²) in [6.45, 7) is 3.56. The molecule has 26 heavy (non-hydrogen) atoms. The first-order valence-corrected chi connectivity index (χ1v) is 10.6. The average Bonchev–Trinajstić information content (AvgIpc) is 3.13. The molecule has 0 radical (unpaired) electrons. The normalized spacial score (nSPS) is 15.8. The van der Waals surface area contributed by atoms with Crippen LogP contribution in [0.2, 0.25) is 0 Å². The van der Waals surface area contributed by atoms with Gasteiger partial charge >= 0.3 is 0 Å². The first-order valence-electron chi connectivity index (χ1n) is 8.13. The lowest BCUT2D eigenvalue weighted by Gasteiger charge is -2.34. The molecule has 1 aliphatic heterocycles. The lowest BCUT2D eigenvalue weighted by Crippen LogP contribution is -2.48. The SMILES string of the molecule is COc1ccc(S(N)(=O)=O)cc1C(=O)N1CCN(Cc2cccs2)CC1. The van der Waals surface area contributed by atoms with E-state index in [4.69, 9.17) is 9.88 Å². The van der Waals surface area contributed by atoms with Crippen molar-refractivity contribution in [2.24, 2.45) is 5.14 Å². The molecule has 2 aromatic rings. The van der Waals surface area contributed by atoms with Crippen LogP contribution in [0.3, 0.4) is 0 Å². The van der Waals surface area contributed by atoms with Gasteiger partial charge < -0.3 is 9.64 Å². The van der Waals surface area contributed by atoms with Crippen molar-refractivity contribution in [1.82, 2.24) is 9.80 Å². The van der Waals surface area contributed by atoms with Gasteiger partial charge in [0.25, 0.3) is 5.91 Å². The van der Waals surface area contributed by atoms with E-state index in [1.54, 1.807) is 16.2 Å². The average molecular weight is 396 g/mol. The molecule has 0 saturated carbocycles. The molecule has 0 spiro atoms. The molecule has 2 N–H and O–H groups in total. The number of hydrogen-bond acceptors (Lipinski definition) is 6. The van der Waals surface area contributed by atoms with E-state index in [9.17, 15) is 13.2 Å². The Morgan fingerprint density at radius 1 is 1.23 bits per heavy atom. The van der Waals surface area contributed by atoms with Crippen LogP contribution >= 0.6 is 11.3 Å². The lowest BCUT2D eigenvalue weighted by atomic mass is 10.1. The van der Waals surface area contributed by atoms with Crippen LogP contribution in [-0.4, -0.2) is 57.4 Å². The van der Waals surface area contributed by atoms with Crippen LogP contribution in [0.1, 0.15) is 15.2 Å². The molecule has 1 aromatic heterocycles. The Balaban J connectivity index is 1.72. The Morgan fingerprint density at radius 3 is 2.54 bits per heavy atom. The van der Waals surface area contributed by atoms with E-state index in [-0.39, 0.29) is 16.4 Å². The summed E-state index contributed by atoms with van der Waals surface area (Å²) in [5.74, 6) is 0.0894. The maximum absolute atomic E-state index is 12.9. The highest BCUT2D eigenvalue weighted by Gasteiger charge is 2.25. The van der Waals surface area contributed by atoms with Crippen molar-refractivity contribution in [3.05, 3.63) is 46.2 Å². The minimum absolute atomic E-state index is 0.0991. The number of piperazine rings is 1. The van der Waals surface area contributed by atoms with E-state index in [0.29, 0.717) is 18.8 Å². The molecule has 3 rings (SSSR count). The van der Waals surface area contributed by atoms with Crippen molar-refractivity contribution in [3.8, 4) is 5.75 Å². The van der Waals surface area contributed by atoms with Gasteiger partial charge in [-0.3, -0.25) is 9.69 Å². The van der Waals surface area contributed by atoms with Gasteiger partial charge in [0, 0.05) is 37.6 Å². The Morgan fingerprint density at radius 2 is 1.96 bits per heavy atom. The van der Waals surface area contributed by atoms with Crippen molar-refractivity contribution in [3.63, 3.8) is 0 Å². The molecule has 7 nitrogen and oxygen atoms in total. The summed E-state index contributed by atoms with van der Waals surface area (Å²) in [5.41, 5.74) is 0.214. The monoisotopic (exact) mass is 395 g/mol. The van der Waals surface area contributed by atoms with Gasteiger partial charge in [0.2, 0.25) is 10.0 Å². The molecule has 1 fully saturated rings. The molecule has 1 saturated heterocycles. The molecule has 9 heteroatoms. The van der Waals surface area contributed by atoms with Gasteiger partial charge in [-0.2, -0.15) is 0 Å². The number of thiophene rings is 1. The summed E-state index contributed by atoms with van der Waals surface area (Å²) in [6.07, 6.45) is 0. The molecular weight excluding hydrogens is 374 g/mol. The summed E-state index contributed by atoms with van der Waals surface area (Å²) in [4.78, 5) is 18.1. The first kappa shape index (κ1) is 18.8. The third kappa shape index (κ3) is 4.24. The summed E-state index contributed by atoms with van der Waals surface area (Å²) in [7, 11) is -2.44. The fraction of sp³-hybridized carbons (Fsp3) is 0.353. The predicted octanol–water partition coefficient (Wildman–Crippen LogP) is 1.36. The number of primary sulfonamides is 1. The number of carbonyl (C=O) groups excluding carboxylic acids is 1. The zero-order chi connectivity index (χ0) is 18.7. The highest BCUT2D eigenvalue weighted by molar-refractivity contribution is 7.89. The number of methoxy groups -OCH3 is 1.